The summed E-state index contributed by atoms with van der Waals surface area (Å²) >= 11 is 0. The van der Waals surface area contributed by atoms with E-state index in [-0.39, 0.29) is 11.3 Å². The first-order chi connectivity index (χ1) is 18.9. The number of carbonyl (C=O) groups is 3. The maximum Gasteiger partial charge on any atom is 0.336 e. The zero-order valence-electron chi connectivity index (χ0n) is 22.1. The number of ether oxygens (including phenoxy) is 2. The van der Waals surface area contributed by atoms with Crippen LogP contribution in [0.15, 0.2) is 78.4 Å². The normalized spacial score (nSPS) is 14.7. The third kappa shape index (κ3) is 4.88. The third-order valence-corrected chi connectivity index (χ3v) is 6.64. The van der Waals surface area contributed by atoms with Gasteiger partial charge in [0.15, 0.2) is 0 Å². The lowest BCUT2D eigenvalue weighted by Gasteiger charge is -2.28. The Balaban J connectivity index is 1.61. The van der Waals surface area contributed by atoms with Gasteiger partial charge in [-0.25, -0.2) is 9.69 Å². The van der Waals surface area contributed by atoms with E-state index in [1.54, 1.807) is 31.2 Å². The van der Waals surface area contributed by atoms with Crippen molar-refractivity contribution >= 4 is 40.5 Å². The van der Waals surface area contributed by atoms with Crippen molar-refractivity contribution in [1.82, 2.24) is 9.88 Å². The predicted molar refractivity (Wildman–Crippen MR) is 150 cm³/mol. The van der Waals surface area contributed by atoms with Gasteiger partial charge < -0.3 is 14.0 Å². The summed E-state index contributed by atoms with van der Waals surface area (Å²) in [5.74, 6) is -0.690. The molecule has 1 N–H and O–H groups in total. The summed E-state index contributed by atoms with van der Waals surface area (Å²) in [6.07, 6.45) is 1.57. The number of nitrogens with zero attached hydrogens (tertiary/aromatic N) is 2. The Morgan fingerprint density at radius 3 is 2.33 bits per heavy atom. The molecule has 39 heavy (non-hydrogen) atoms. The van der Waals surface area contributed by atoms with Gasteiger partial charge in [-0.3, -0.25) is 14.9 Å². The number of benzene rings is 3. The van der Waals surface area contributed by atoms with Gasteiger partial charge in [0.1, 0.15) is 17.1 Å². The summed E-state index contributed by atoms with van der Waals surface area (Å²) in [5.41, 5.74) is 3.79. The molecule has 0 atom stereocenters. The summed E-state index contributed by atoms with van der Waals surface area (Å²) < 4.78 is 13.4. The van der Waals surface area contributed by atoms with Gasteiger partial charge in [0, 0.05) is 34.8 Å². The van der Waals surface area contributed by atoms with Gasteiger partial charge in [-0.2, -0.15) is 0 Å². The van der Waals surface area contributed by atoms with E-state index in [0.717, 1.165) is 32.6 Å². The molecule has 0 saturated carbocycles. The van der Waals surface area contributed by atoms with Crippen LogP contribution in [0.5, 0.6) is 11.5 Å². The van der Waals surface area contributed by atoms with Crippen LogP contribution in [0, 0.1) is 6.92 Å². The van der Waals surface area contributed by atoms with Crippen LogP contribution in [-0.4, -0.2) is 35.6 Å². The number of nitrogens with one attached hydrogen (secondary N) is 1. The summed E-state index contributed by atoms with van der Waals surface area (Å²) in [6.45, 7) is 6.97. The standard InChI is InChI=1S/C31H29N3O5/c1-4-38-22-15-16-28(39-5-2)27(17-22)34-30(36)25(29(35)32-31(34)37)18-24-20(3)33(19-21-11-7-6-8-12-21)26-14-10-9-13-23(24)26/h6-18H,4-5,19H2,1-3H3,(H,32,35,37)/b25-18+. The minimum atomic E-state index is -0.847. The maximum absolute atomic E-state index is 13.8. The van der Waals surface area contributed by atoms with Crippen LogP contribution >= 0.6 is 0 Å². The van der Waals surface area contributed by atoms with Crippen molar-refractivity contribution in [2.24, 2.45) is 0 Å². The van der Waals surface area contributed by atoms with E-state index in [9.17, 15) is 14.4 Å². The Morgan fingerprint density at radius 2 is 1.59 bits per heavy atom. The lowest BCUT2D eigenvalue weighted by molar-refractivity contribution is -0.122. The SMILES string of the molecule is CCOc1ccc(OCC)c(N2C(=O)NC(=O)/C(=C\c3c(C)n(Cc4ccccc4)c4ccccc34)C2=O)c1. The molecular formula is C31H29N3O5. The lowest BCUT2D eigenvalue weighted by Crippen LogP contribution is -2.54. The zero-order chi connectivity index (χ0) is 27.5. The monoisotopic (exact) mass is 523 g/mol. The van der Waals surface area contributed by atoms with E-state index in [4.69, 9.17) is 9.47 Å². The molecule has 4 amide bonds. The Morgan fingerprint density at radius 1 is 0.872 bits per heavy atom. The second-order valence-corrected chi connectivity index (χ2v) is 9.04. The van der Waals surface area contributed by atoms with Crippen LogP contribution in [0.3, 0.4) is 0 Å². The highest BCUT2D eigenvalue weighted by atomic mass is 16.5. The van der Waals surface area contributed by atoms with Crippen LogP contribution in [0.25, 0.3) is 17.0 Å². The number of para-hydroxylation sites is 1. The third-order valence-electron chi connectivity index (χ3n) is 6.64. The molecule has 5 rings (SSSR count). The van der Waals surface area contributed by atoms with E-state index in [2.05, 4.69) is 22.0 Å². The zero-order valence-corrected chi connectivity index (χ0v) is 22.1. The first kappa shape index (κ1) is 25.8. The topological polar surface area (TPSA) is 89.9 Å². The van der Waals surface area contributed by atoms with E-state index in [1.165, 1.54) is 0 Å². The molecule has 1 aliphatic rings. The number of urea groups is 1. The van der Waals surface area contributed by atoms with Gasteiger partial charge in [-0.1, -0.05) is 48.5 Å². The molecule has 1 fully saturated rings. The van der Waals surface area contributed by atoms with Crippen molar-refractivity contribution in [2.75, 3.05) is 18.1 Å². The fourth-order valence-electron chi connectivity index (χ4n) is 4.84. The molecule has 198 valence electrons. The van der Waals surface area contributed by atoms with Crippen LogP contribution in [0.1, 0.15) is 30.7 Å². The molecule has 0 aliphatic carbocycles. The summed E-state index contributed by atoms with van der Waals surface area (Å²) in [5, 5.41) is 3.22. The summed E-state index contributed by atoms with van der Waals surface area (Å²) in [6, 6.07) is 22.0. The minimum absolute atomic E-state index is 0.149. The quantitative estimate of drug-likeness (QED) is 0.245. The number of aromatic nitrogens is 1. The van der Waals surface area contributed by atoms with Crippen LogP contribution in [0.4, 0.5) is 10.5 Å². The first-order valence-corrected chi connectivity index (χ1v) is 12.9. The van der Waals surface area contributed by atoms with E-state index < -0.39 is 17.8 Å². The van der Waals surface area contributed by atoms with Gasteiger partial charge >= 0.3 is 6.03 Å². The molecule has 8 nitrogen and oxygen atoms in total. The average Bonchev–Trinajstić information content (AvgIpc) is 3.19. The highest BCUT2D eigenvalue weighted by Crippen LogP contribution is 2.36. The number of carbonyl (C=O) groups excluding carboxylic acids is 3. The molecule has 4 aromatic rings. The molecule has 0 spiro atoms. The van der Waals surface area contributed by atoms with Crippen molar-refractivity contribution in [3.05, 3.63) is 95.2 Å². The Kier molecular flexibility index (Phi) is 7.19. The second-order valence-electron chi connectivity index (χ2n) is 9.04. The molecule has 2 heterocycles. The fraction of sp³-hybridized carbons (Fsp3) is 0.194. The molecule has 8 heteroatoms. The average molecular weight is 524 g/mol. The van der Waals surface area contributed by atoms with E-state index in [0.29, 0.717) is 31.3 Å². The number of amides is 4. The van der Waals surface area contributed by atoms with E-state index in [1.807, 2.05) is 56.3 Å². The number of anilines is 1. The lowest BCUT2D eigenvalue weighted by atomic mass is 10.0. The largest absolute Gasteiger partial charge is 0.494 e. The molecule has 1 aliphatic heterocycles. The first-order valence-electron chi connectivity index (χ1n) is 12.9. The van der Waals surface area contributed by atoms with Gasteiger partial charge in [-0.15, -0.1) is 0 Å². The van der Waals surface area contributed by atoms with Crippen LogP contribution in [0.2, 0.25) is 0 Å². The molecule has 1 aromatic heterocycles. The summed E-state index contributed by atoms with van der Waals surface area (Å²) in [7, 11) is 0. The second kappa shape index (κ2) is 10.9. The molecule has 0 unspecified atom stereocenters. The van der Waals surface area contributed by atoms with Crippen molar-refractivity contribution in [3.63, 3.8) is 0 Å². The Hall–Kier alpha value is -4.85. The van der Waals surface area contributed by atoms with Crippen molar-refractivity contribution in [2.45, 2.75) is 27.3 Å². The smallest absolute Gasteiger partial charge is 0.336 e. The summed E-state index contributed by atoms with van der Waals surface area (Å²) in [4.78, 5) is 40.7. The van der Waals surface area contributed by atoms with Gasteiger partial charge in [-0.05, 0) is 50.6 Å². The van der Waals surface area contributed by atoms with Crippen molar-refractivity contribution in [1.29, 1.82) is 0 Å². The van der Waals surface area contributed by atoms with Gasteiger partial charge in [0.25, 0.3) is 11.8 Å². The number of barbiturate groups is 1. The van der Waals surface area contributed by atoms with Crippen molar-refractivity contribution in [3.8, 4) is 11.5 Å². The van der Waals surface area contributed by atoms with E-state index >= 15 is 0 Å². The van der Waals surface area contributed by atoms with Crippen LogP contribution < -0.4 is 19.7 Å². The minimum Gasteiger partial charge on any atom is -0.494 e. The molecule has 1 saturated heterocycles. The highest BCUT2D eigenvalue weighted by molar-refractivity contribution is 6.39. The number of imide groups is 2. The number of fused-ring (bicyclic) bond motifs is 1. The number of hydrogen-bond donors (Lipinski definition) is 1. The van der Waals surface area contributed by atoms with Gasteiger partial charge in [0.05, 0.1) is 18.9 Å². The molecule has 3 aromatic carbocycles. The fourth-order valence-corrected chi connectivity index (χ4v) is 4.84. The predicted octanol–water partition coefficient (Wildman–Crippen LogP) is 5.46. The maximum atomic E-state index is 13.8. The Bertz CT molecular complexity index is 1600. The van der Waals surface area contributed by atoms with Gasteiger partial charge in [0.2, 0.25) is 0 Å². The molecule has 0 radical (unpaired) electrons. The highest BCUT2D eigenvalue weighted by Gasteiger charge is 2.38. The number of rotatable bonds is 8. The van der Waals surface area contributed by atoms with Crippen molar-refractivity contribution < 1.29 is 23.9 Å². The Labute approximate surface area is 226 Å². The van der Waals surface area contributed by atoms with Crippen LogP contribution in [-0.2, 0) is 16.1 Å². The molecule has 0 bridgehead atoms. The number of hydrogen-bond acceptors (Lipinski definition) is 5. The molecular weight excluding hydrogens is 494 g/mol.